The first-order valence-electron chi connectivity index (χ1n) is 15.0. The predicted octanol–water partition coefficient (Wildman–Crippen LogP) is 8.62. The van der Waals surface area contributed by atoms with Crippen LogP contribution in [0.3, 0.4) is 0 Å². The molecule has 40 heavy (non-hydrogen) atoms. The fraction of sp³-hybridized carbons (Fsp3) is 0.405. The fourth-order valence-electron chi connectivity index (χ4n) is 7.93. The molecule has 1 aliphatic rings. The maximum atomic E-state index is 2.68. The minimum absolute atomic E-state index is 0.0423. The molecule has 0 fully saturated rings. The summed E-state index contributed by atoms with van der Waals surface area (Å²) in [5, 5.41) is 14.1. The third kappa shape index (κ3) is 4.77. The molecule has 0 saturated carbocycles. The summed E-state index contributed by atoms with van der Waals surface area (Å²) in [5.41, 5.74) is 10.4. The molecule has 0 radical (unpaired) electrons. The van der Waals surface area contributed by atoms with Gasteiger partial charge >= 0.3 is 253 Å². The SMILES string of the molecule is CC1=C(C)C(C)([Si](c2ccccc2)(c2cc(C)cc([Si](C)(C)C)c2)c2cc(C)c(C)c(C)c2)[C]([Ti]([CH3])([CH3])[CH3])=C1C. The second-order valence-electron chi connectivity index (χ2n) is 14.8. The van der Waals surface area contributed by atoms with Crippen LogP contribution < -0.4 is 20.7 Å². The first-order chi connectivity index (χ1) is 18.4. The molecule has 212 valence electrons. The number of allylic oxidation sites excluding steroid dienone is 4. The van der Waals surface area contributed by atoms with Gasteiger partial charge in [-0.15, -0.1) is 0 Å². The van der Waals surface area contributed by atoms with E-state index in [2.05, 4.69) is 151 Å². The summed E-state index contributed by atoms with van der Waals surface area (Å²) in [6, 6.07) is 24.7. The number of hydrogen-bond donors (Lipinski definition) is 0. The van der Waals surface area contributed by atoms with Crippen molar-refractivity contribution in [1.82, 2.24) is 0 Å². The van der Waals surface area contributed by atoms with Gasteiger partial charge in [-0.05, 0) is 0 Å². The van der Waals surface area contributed by atoms with Crippen molar-refractivity contribution in [1.29, 1.82) is 0 Å². The first-order valence-corrected chi connectivity index (χ1v) is 26.0. The van der Waals surface area contributed by atoms with E-state index in [1.165, 1.54) is 27.8 Å². The summed E-state index contributed by atoms with van der Waals surface area (Å²) in [7, 11) is -4.27. The molecule has 3 aromatic rings. The van der Waals surface area contributed by atoms with Gasteiger partial charge in [0.15, 0.2) is 0 Å². The van der Waals surface area contributed by atoms with E-state index < -0.39 is 32.7 Å². The Hall–Kier alpha value is -1.71. The van der Waals surface area contributed by atoms with Gasteiger partial charge in [-0.3, -0.25) is 0 Å². The summed E-state index contributed by atoms with van der Waals surface area (Å²) >= 11 is -2.35. The summed E-state index contributed by atoms with van der Waals surface area (Å²) in [6.07, 6.45) is 0. The molecule has 1 aliphatic carbocycles. The molecule has 0 bridgehead atoms. The van der Waals surface area contributed by atoms with E-state index in [-0.39, 0.29) is 5.04 Å². The standard InChI is InChI=1S/C34H43Si2.3CH3.Ti/c1-23-17-31(35(9,10)11)21-32(18-23)36(30-15-13-12-14-16-30,33-19-24(2)27(5)25(3)20-33)34(8)22-26(4)28(6)29(34)7;;;;/h12-21H,1-11H3;3*1H3;. The molecule has 0 heterocycles. The quantitative estimate of drug-likeness (QED) is 0.196. The Morgan fingerprint density at radius 2 is 1.10 bits per heavy atom. The summed E-state index contributed by atoms with van der Waals surface area (Å²) < 4.78 is 1.81. The molecule has 3 aromatic carbocycles. The molecule has 0 spiro atoms. The molecular weight excluding hydrogens is 548 g/mol. The summed E-state index contributed by atoms with van der Waals surface area (Å²) in [4.78, 5) is 0. The van der Waals surface area contributed by atoms with Crippen LogP contribution in [-0.4, -0.2) is 16.1 Å². The molecule has 2 unspecified atom stereocenters. The van der Waals surface area contributed by atoms with Crippen molar-refractivity contribution >= 4 is 36.9 Å². The maximum absolute atomic E-state index is 2.71. The number of hydrogen-bond acceptors (Lipinski definition) is 0. The first kappa shape index (κ1) is 31.2. The normalized spacial score (nSPS) is 19.9. The zero-order valence-corrected chi connectivity index (χ0v) is 31.3. The van der Waals surface area contributed by atoms with Crippen LogP contribution in [0, 0.1) is 27.7 Å². The van der Waals surface area contributed by atoms with Crippen LogP contribution in [0.5, 0.6) is 0 Å². The zero-order chi connectivity index (χ0) is 30.0. The van der Waals surface area contributed by atoms with Crippen molar-refractivity contribution in [2.24, 2.45) is 0 Å². The molecule has 0 nitrogen and oxygen atoms in total. The molecule has 2 atom stereocenters. The Kier molecular flexibility index (Phi) is 8.22. The van der Waals surface area contributed by atoms with Gasteiger partial charge in [-0.1, -0.05) is 0 Å². The number of rotatable bonds is 6. The molecule has 0 aliphatic heterocycles. The topological polar surface area (TPSA) is 0 Å². The van der Waals surface area contributed by atoms with Crippen molar-refractivity contribution in [3.05, 3.63) is 104 Å². The van der Waals surface area contributed by atoms with Crippen molar-refractivity contribution in [3.63, 3.8) is 0 Å². The Balaban J connectivity index is 2.38. The van der Waals surface area contributed by atoms with Crippen LogP contribution in [0.25, 0.3) is 0 Å². The van der Waals surface area contributed by atoms with Crippen LogP contribution >= 0.6 is 0 Å². The van der Waals surface area contributed by atoms with Gasteiger partial charge in [-0.2, -0.15) is 0 Å². The zero-order valence-electron chi connectivity index (χ0n) is 27.8. The Bertz CT molecular complexity index is 1510. The van der Waals surface area contributed by atoms with Gasteiger partial charge in [0.2, 0.25) is 0 Å². The molecule has 0 amide bonds. The molecule has 0 aromatic heterocycles. The third-order valence-electron chi connectivity index (χ3n) is 10.2. The average Bonchev–Trinajstić information content (AvgIpc) is 3.03. The Morgan fingerprint density at radius 1 is 0.600 bits per heavy atom. The fourth-order valence-corrected chi connectivity index (χ4v) is 22.8. The van der Waals surface area contributed by atoms with Gasteiger partial charge in [0.05, 0.1) is 0 Å². The molecule has 4 rings (SSSR count). The molecule has 0 saturated heterocycles. The van der Waals surface area contributed by atoms with Crippen LogP contribution in [0.1, 0.15) is 49.9 Å². The summed E-state index contributed by atoms with van der Waals surface area (Å²) in [6.45, 7) is 26.8. The Labute approximate surface area is 251 Å². The molecule has 3 heteroatoms. The average molecular weight is 601 g/mol. The third-order valence-corrected chi connectivity index (χ3v) is 21.9. The van der Waals surface area contributed by atoms with Gasteiger partial charge < -0.3 is 0 Å². The van der Waals surface area contributed by atoms with Gasteiger partial charge in [0, 0.05) is 0 Å². The van der Waals surface area contributed by atoms with E-state index in [9.17, 15) is 0 Å². The van der Waals surface area contributed by atoms with E-state index in [4.69, 9.17) is 0 Å². The van der Waals surface area contributed by atoms with Crippen molar-refractivity contribution in [3.8, 4) is 0 Å². The second kappa shape index (κ2) is 10.5. The van der Waals surface area contributed by atoms with Gasteiger partial charge in [0.25, 0.3) is 0 Å². The van der Waals surface area contributed by atoms with Gasteiger partial charge in [-0.25, -0.2) is 0 Å². The molecule has 0 N–H and O–H groups in total. The second-order valence-corrected chi connectivity index (χ2v) is 31.9. The molecular formula is C37H52Si2Ti. The van der Waals surface area contributed by atoms with E-state index in [0.29, 0.717) is 0 Å². The van der Waals surface area contributed by atoms with Crippen LogP contribution in [0.15, 0.2) is 81.3 Å². The Morgan fingerprint density at radius 3 is 1.60 bits per heavy atom. The van der Waals surface area contributed by atoms with E-state index in [1.54, 1.807) is 31.9 Å². The number of benzene rings is 3. The summed E-state index contributed by atoms with van der Waals surface area (Å²) in [5.74, 6) is 0. The minimum atomic E-state index is -2.71. The van der Waals surface area contributed by atoms with Crippen LogP contribution in [0.2, 0.25) is 40.4 Å². The van der Waals surface area contributed by atoms with Gasteiger partial charge in [0.1, 0.15) is 0 Å². The predicted molar refractivity (Wildman–Crippen MR) is 183 cm³/mol. The van der Waals surface area contributed by atoms with E-state index in [0.717, 1.165) is 0 Å². The monoisotopic (exact) mass is 600 g/mol. The van der Waals surface area contributed by atoms with Crippen LogP contribution in [0.4, 0.5) is 0 Å². The van der Waals surface area contributed by atoms with Crippen molar-refractivity contribution in [2.45, 2.75) is 95.8 Å². The number of aryl methyl sites for hydroxylation is 3. The van der Waals surface area contributed by atoms with Crippen molar-refractivity contribution in [2.75, 3.05) is 0 Å². The van der Waals surface area contributed by atoms with E-state index in [1.807, 2.05) is 3.88 Å². The van der Waals surface area contributed by atoms with E-state index >= 15 is 0 Å². The van der Waals surface area contributed by atoms with Crippen molar-refractivity contribution < 1.29 is 16.6 Å². The van der Waals surface area contributed by atoms with Crippen LogP contribution in [-0.2, 0) is 16.6 Å².